The Morgan fingerprint density at radius 1 is 1.26 bits per heavy atom. The standard InChI is InChI=1S/C15H24N4/c1-11-18-13-6-5-12(9-14(13)19-11)15(2,3)10-17-8-7-16-4/h5-6,9,16-17H,7-8,10H2,1-4H3,(H,18,19). The molecule has 1 heterocycles. The van der Waals surface area contributed by atoms with Gasteiger partial charge in [-0.1, -0.05) is 19.9 Å². The molecule has 3 N–H and O–H groups in total. The molecule has 0 bridgehead atoms. The Kier molecular flexibility index (Phi) is 4.22. The third-order valence-electron chi connectivity index (χ3n) is 3.50. The van der Waals surface area contributed by atoms with Gasteiger partial charge in [0.1, 0.15) is 5.82 Å². The highest BCUT2D eigenvalue weighted by molar-refractivity contribution is 5.76. The maximum absolute atomic E-state index is 4.44. The number of hydrogen-bond acceptors (Lipinski definition) is 3. The fraction of sp³-hybridized carbons (Fsp3) is 0.533. The van der Waals surface area contributed by atoms with E-state index in [2.05, 4.69) is 52.6 Å². The number of fused-ring (bicyclic) bond motifs is 1. The van der Waals surface area contributed by atoms with Crippen molar-refractivity contribution >= 4 is 11.0 Å². The molecule has 104 valence electrons. The molecule has 0 saturated carbocycles. The summed E-state index contributed by atoms with van der Waals surface area (Å²) in [6.45, 7) is 9.48. The minimum atomic E-state index is 0.112. The number of nitrogens with zero attached hydrogens (tertiary/aromatic N) is 1. The second-order valence-electron chi connectivity index (χ2n) is 5.72. The van der Waals surface area contributed by atoms with Gasteiger partial charge in [0.15, 0.2) is 0 Å². The Labute approximate surface area is 115 Å². The van der Waals surface area contributed by atoms with E-state index >= 15 is 0 Å². The largest absolute Gasteiger partial charge is 0.342 e. The summed E-state index contributed by atoms with van der Waals surface area (Å²) >= 11 is 0. The third-order valence-corrected chi connectivity index (χ3v) is 3.50. The van der Waals surface area contributed by atoms with E-state index in [-0.39, 0.29) is 5.41 Å². The van der Waals surface area contributed by atoms with Gasteiger partial charge in [0.2, 0.25) is 0 Å². The van der Waals surface area contributed by atoms with Crippen LogP contribution in [0.15, 0.2) is 18.2 Å². The Bertz CT molecular complexity index is 542. The zero-order chi connectivity index (χ0) is 13.9. The van der Waals surface area contributed by atoms with Crippen LogP contribution in [0, 0.1) is 6.92 Å². The molecule has 0 fully saturated rings. The number of hydrogen-bond donors (Lipinski definition) is 3. The smallest absolute Gasteiger partial charge is 0.104 e. The lowest BCUT2D eigenvalue weighted by molar-refractivity contribution is 0.469. The molecular weight excluding hydrogens is 236 g/mol. The van der Waals surface area contributed by atoms with E-state index in [1.54, 1.807) is 0 Å². The molecule has 2 rings (SSSR count). The zero-order valence-corrected chi connectivity index (χ0v) is 12.3. The Morgan fingerprint density at radius 3 is 2.79 bits per heavy atom. The molecule has 0 spiro atoms. The second kappa shape index (κ2) is 5.72. The molecular formula is C15H24N4. The van der Waals surface area contributed by atoms with Gasteiger partial charge in [0, 0.05) is 25.0 Å². The van der Waals surface area contributed by atoms with Crippen LogP contribution in [0.4, 0.5) is 0 Å². The SMILES string of the molecule is CNCCNCC(C)(C)c1ccc2nc(C)[nH]c2c1. The van der Waals surface area contributed by atoms with Crippen LogP contribution in [0.5, 0.6) is 0 Å². The molecule has 4 heteroatoms. The van der Waals surface area contributed by atoms with E-state index < -0.39 is 0 Å². The summed E-state index contributed by atoms with van der Waals surface area (Å²) < 4.78 is 0. The summed E-state index contributed by atoms with van der Waals surface area (Å²) in [6.07, 6.45) is 0. The lowest BCUT2D eigenvalue weighted by Gasteiger charge is -2.26. The first-order valence-electron chi connectivity index (χ1n) is 6.85. The highest BCUT2D eigenvalue weighted by Gasteiger charge is 2.20. The van der Waals surface area contributed by atoms with Crippen LogP contribution in [0.1, 0.15) is 25.2 Å². The van der Waals surface area contributed by atoms with E-state index in [4.69, 9.17) is 0 Å². The van der Waals surface area contributed by atoms with Crippen LogP contribution in [-0.2, 0) is 5.41 Å². The Balaban J connectivity index is 2.12. The third kappa shape index (κ3) is 3.33. The molecule has 0 aliphatic rings. The minimum Gasteiger partial charge on any atom is -0.342 e. The van der Waals surface area contributed by atoms with Crippen LogP contribution in [0.3, 0.4) is 0 Å². The molecule has 0 radical (unpaired) electrons. The number of aromatic nitrogens is 2. The predicted octanol–water partition coefficient (Wildman–Crippen LogP) is 1.96. The van der Waals surface area contributed by atoms with E-state index in [1.807, 2.05) is 14.0 Å². The van der Waals surface area contributed by atoms with E-state index in [1.165, 1.54) is 5.56 Å². The molecule has 0 aliphatic carbocycles. The van der Waals surface area contributed by atoms with Crippen LogP contribution in [-0.4, -0.2) is 36.6 Å². The number of benzene rings is 1. The quantitative estimate of drug-likeness (QED) is 0.696. The summed E-state index contributed by atoms with van der Waals surface area (Å²) in [5, 5.41) is 6.63. The molecule has 1 aromatic heterocycles. The van der Waals surface area contributed by atoms with Crippen molar-refractivity contribution in [1.29, 1.82) is 0 Å². The van der Waals surface area contributed by atoms with E-state index in [0.717, 1.165) is 36.5 Å². The molecule has 0 saturated heterocycles. The van der Waals surface area contributed by atoms with Crippen molar-refractivity contribution in [1.82, 2.24) is 20.6 Å². The topological polar surface area (TPSA) is 52.7 Å². The number of rotatable bonds is 6. The number of likely N-dealkylation sites (N-methyl/N-ethyl adjacent to an activating group) is 1. The van der Waals surface area contributed by atoms with Crippen molar-refractivity contribution in [3.63, 3.8) is 0 Å². The van der Waals surface area contributed by atoms with Crippen LogP contribution >= 0.6 is 0 Å². The van der Waals surface area contributed by atoms with E-state index in [0.29, 0.717) is 0 Å². The summed E-state index contributed by atoms with van der Waals surface area (Å²) in [7, 11) is 1.97. The van der Waals surface area contributed by atoms with Gasteiger partial charge in [0.05, 0.1) is 11.0 Å². The van der Waals surface area contributed by atoms with Gasteiger partial charge in [-0.2, -0.15) is 0 Å². The normalized spacial score (nSPS) is 12.2. The van der Waals surface area contributed by atoms with Gasteiger partial charge in [-0.25, -0.2) is 4.98 Å². The van der Waals surface area contributed by atoms with Gasteiger partial charge in [-0.15, -0.1) is 0 Å². The van der Waals surface area contributed by atoms with Crippen molar-refractivity contribution in [3.05, 3.63) is 29.6 Å². The average molecular weight is 260 g/mol. The number of aryl methyl sites for hydroxylation is 1. The highest BCUT2D eigenvalue weighted by Crippen LogP contribution is 2.25. The molecule has 0 atom stereocenters. The molecule has 4 nitrogen and oxygen atoms in total. The van der Waals surface area contributed by atoms with Crippen LogP contribution in [0.25, 0.3) is 11.0 Å². The first-order chi connectivity index (χ1) is 9.03. The maximum Gasteiger partial charge on any atom is 0.104 e. The first-order valence-corrected chi connectivity index (χ1v) is 6.85. The fourth-order valence-electron chi connectivity index (χ4n) is 2.27. The lowest BCUT2D eigenvalue weighted by Crippen LogP contribution is -2.36. The highest BCUT2D eigenvalue weighted by atomic mass is 14.9. The van der Waals surface area contributed by atoms with E-state index in [9.17, 15) is 0 Å². The molecule has 1 aromatic carbocycles. The number of aromatic amines is 1. The summed E-state index contributed by atoms with van der Waals surface area (Å²) in [5.41, 5.74) is 3.61. The number of imidazole rings is 1. The van der Waals surface area contributed by atoms with Gasteiger partial charge in [0.25, 0.3) is 0 Å². The van der Waals surface area contributed by atoms with Gasteiger partial charge >= 0.3 is 0 Å². The Hall–Kier alpha value is -1.39. The Morgan fingerprint density at radius 2 is 2.05 bits per heavy atom. The van der Waals surface area contributed by atoms with Crippen LogP contribution < -0.4 is 10.6 Å². The molecule has 0 amide bonds. The maximum atomic E-state index is 4.44. The van der Waals surface area contributed by atoms with Gasteiger partial charge in [-0.3, -0.25) is 0 Å². The first kappa shape index (κ1) is 14.0. The summed E-state index contributed by atoms with van der Waals surface area (Å²) in [4.78, 5) is 7.75. The monoisotopic (exact) mass is 260 g/mol. The lowest BCUT2D eigenvalue weighted by atomic mass is 9.84. The fourth-order valence-corrected chi connectivity index (χ4v) is 2.27. The molecule has 0 unspecified atom stereocenters. The summed E-state index contributed by atoms with van der Waals surface area (Å²) in [5.74, 6) is 0.970. The van der Waals surface area contributed by atoms with Crippen molar-refractivity contribution in [3.8, 4) is 0 Å². The van der Waals surface area contributed by atoms with Crippen molar-refractivity contribution < 1.29 is 0 Å². The molecule has 19 heavy (non-hydrogen) atoms. The van der Waals surface area contributed by atoms with Crippen molar-refractivity contribution in [2.24, 2.45) is 0 Å². The average Bonchev–Trinajstić information content (AvgIpc) is 2.73. The predicted molar refractivity (Wildman–Crippen MR) is 80.7 cm³/mol. The number of nitrogens with one attached hydrogen (secondary N) is 3. The minimum absolute atomic E-state index is 0.112. The second-order valence-corrected chi connectivity index (χ2v) is 5.72. The van der Waals surface area contributed by atoms with Gasteiger partial charge < -0.3 is 15.6 Å². The number of H-pyrrole nitrogens is 1. The summed E-state index contributed by atoms with van der Waals surface area (Å²) in [6, 6.07) is 6.50. The van der Waals surface area contributed by atoms with Gasteiger partial charge in [-0.05, 0) is 31.7 Å². The van der Waals surface area contributed by atoms with Crippen LogP contribution in [0.2, 0.25) is 0 Å². The molecule has 2 aromatic rings. The van der Waals surface area contributed by atoms with Crippen molar-refractivity contribution in [2.45, 2.75) is 26.2 Å². The molecule has 0 aliphatic heterocycles. The zero-order valence-electron chi connectivity index (χ0n) is 12.3. The van der Waals surface area contributed by atoms with Crippen molar-refractivity contribution in [2.75, 3.05) is 26.7 Å².